The van der Waals surface area contributed by atoms with Crippen LogP contribution in [0.1, 0.15) is 5.69 Å². The number of carbonyl (C=O) groups is 3. The molecule has 0 spiro atoms. The molecule has 35 heavy (non-hydrogen) atoms. The van der Waals surface area contributed by atoms with Crippen LogP contribution in [0.3, 0.4) is 0 Å². The number of nitrogens with zero attached hydrogens (tertiary/aromatic N) is 7. The molecule has 2 aliphatic rings. The van der Waals surface area contributed by atoms with Gasteiger partial charge in [-0.25, -0.2) is 14.5 Å². The van der Waals surface area contributed by atoms with E-state index in [-0.39, 0.29) is 28.0 Å². The summed E-state index contributed by atoms with van der Waals surface area (Å²) in [6.45, 7) is 4.06. The average Bonchev–Trinajstić information content (AvgIpc) is 3.47. The van der Waals surface area contributed by atoms with E-state index in [0.29, 0.717) is 23.0 Å². The Morgan fingerprint density at radius 1 is 1.51 bits per heavy atom. The molecule has 0 aliphatic carbocycles. The van der Waals surface area contributed by atoms with Crippen LogP contribution in [0.25, 0.3) is 0 Å². The highest BCUT2D eigenvalue weighted by atomic mass is 32.2. The number of hydrogen-bond acceptors (Lipinski definition) is 13. The van der Waals surface area contributed by atoms with Crippen molar-refractivity contribution in [3.05, 3.63) is 35.0 Å². The number of nitrogens with one attached hydrogen (secondary N) is 1. The normalized spacial score (nSPS) is 19.7. The van der Waals surface area contributed by atoms with Crippen molar-refractivity contribution >= 4 is 63.5 Å². The summed E-state index contributed by atoms with van der Waals surface area (Å²) >= 11 is 3.73. The third-order valence-corrected chi connectivity index (χ3v) is 7.93. The minimum atomic E-state index is -1.23. The number of hydrogen-bond donors (Lipinski definition) is 3. The lowest BCUT2D eigenvalue weighted by Crippen LogP contribution is -2.71. The van der Waals surface area contributed by atoms with E-state index < -0.39 is 29.2 Å². The SMILES string of the molecule is C=CCn1nnnc1SCC1=C(C(=O)O)N2C(=O)C(NC(=O)/C(=N/OC)c3csc(N)n3)[C@H]2SC1. The topological polar surface area (TPSA) is 191 Å². The van der Waals surface area contributed by atoms with Crippen molar-refractivity contribution in [3.63, 3.8) is 0 Å². The molecule has 2 aromatic heterocycles. The molecule has 14 nitrogen and oxygen atoms in total. The van der Waals surface area contributed by atoms with Crippen LogP contribution in [0.4, 0.5) is 5.13 Å². The van der Waals surface area contributed by atoms with Crippen molar-refractivity contribution < 1.29 is 24.3 Å². The number of oxime groups is 1. The van der Waals surface area contributed by atoms with E-state index in [4.69, 9.17) is 10.6 Å². The number of carboxylic acids is 1. The number of aliphatic carboxylic acids is 1. The maximum Gasteiger partial charge on any atom is 0.352 e. The first-order valence-electron chi connectivity index (χ1n) is 9.89. The largest absolute Gasteiger partial charge is 0.477 e. The van der Waals surface area contributed by atoms with Crippen LogP contribution in [0.2, 0.25) is 0 Å². The van der Waals surface area contributed by atoms with Gasteiger partial charge in [-0.15, -0.1) is 34.8 Å². The van der Waals surface area contributed by atoms with E-state index in [2.05, 4.69) is 37.6 Å². The Labute approximate surface area is 210 Å². The first-order chi connectivity index (χ1) is 16.8. The average molecular weight is 538 g/mol. The first-order valence-corrected chi connectivity index (χ1v) is 12.8. The van der Waals surface area contributed by atoms with E-state index in [0.717, 1.165) is 11.3 Å². The number of nitrogen functional groups attached to an aromatic ring is 1. The van der Waals surface area contributed by atoms with Gasteiger partial charge in [0.1, 0.15) is 29.9 Å². The number of carboxylic acid groups (broad SMARTS) is 1. The van der Waals surface area contributed by atoms with Crippen molar-refractivity contribution in [1.82, 2.24) is 35.4 Å². The first kappa shape index (κ1) is 24.7. The molecule has 17 heteroatoms. The summed E-state index contributed by atoms with van der Waals surface area (Å²) in [5.41, 5.74) is 6.15. The number of thioether (sulfide) groups is 2. The quantitative estimate of drug-likeness (QED) is 0.119. The van der Waals surface area contributed by atoms with Crippen molar-refractivity contribution in [2.24, 2.45) is 5.16 Å². The van der Waals surface area contributed by atoms with Gasteiger partial charge in [0.2, 0.25) is 5.16 Å². The Kier molecular flexibility index (Phi) is 7.37. The van der Waals surface area contributed by atoms with Gasteiger partial charge in [-0.1, -0.05) is 23.0 Å². The van der Waals surface area contributed by atoms with Gasteiger partial charge in [0.05, 0.1) is 6.54 Å². The molecule has 2 atom stereocenters. The third-order valence-electron chi connectivity index (χ3n) is 4.88. The molecule has 2 aliphatic heterocycles. The molecule has 4 rings (SSSR count). The zero-order valence-electron chi connectivity index (χ0n) is 18.2. The van der Waals surface area contributed by atoms with E-state index in [9.17, 15) is 19.5 Å². The predicted octanol–water partition coefficient (Wildman–Crippen LogP) is -0.221. The second-order valence-corrected chi connectivity index (χ2v) is 9.97. The monoisotopic (exact) mass is 537 g/mol. The lowest BCUT2D eigenvalue weighted by atomic mass is 10.0. The van der Waals surface area contributed by atoms with Crippen molar-refractivity contribution in [1.29, 1.82) is 0 Å². The van der Waals surface area contributed by atoms with Crippen LogP contribution >= 0.6 is 34.9 Å². The number of rotatable bonds is 10. The number of allylic oxidation sites excluding steroid dienone is 1. The van der Waals surface area contributed by atoms with Crippen LogP contribution < -0.4 is 11.1 Å². The Hall–Kier alpha value is -3.44. The molecule has 1 fully saturated rings. The molecule has 4 heterocycles. The molecule has 1 saturated heterocycles. The summed E-state index contributed by atoms with van der Waals surface area (Å²) in [6.07, 6.45) is 1.64. The number of carbonyl (C=O) groups excluding carboxylic acids is 2. The summed E-state index contributed by atoms with van der Waals surface area (Å²) in [5.74, 6) is -1.84. The van der Waals surface area contributed by atoms with Gasteiger partial charge in [0.25, 0.3) is 11.8 Å². The molecule has 0 bridgehead atoms. The number of fused-ring (bicyclic) bond motifs is 1. The molecular weight excluding hydrogens is 518 g/mol. The summed E-state index contributed by atoms with van der Waals surface area (Å²) in [4.78, 5) is 47.8. The van der Waals surface area contributed by atoms with Crippen LogP contribution in [0.15, 0.2) is 39.6 Å². The van der Waals surface area contributed by atoms with Gasteiger partial charge >= 0.3 is 5.97 Å². The molecule has 184 valence electrons. The molecule has 0 saturated carbocycles. The summed E-state index contributed by atoms with van der Waals surface area (Å²) in [5, 5.41) is 29.3. The fourth-order valence-electron chi connectivity index (χ4n) is 3.38. The highest BCUT2D eigenvalue weighted by molar-refractivity contribution is 8.01. The Morgan fingerprint density at radius 3 is 2.97 bits per heavy atom. The predicted molar refractivity (Wildman–Crippen MR) is 128 cm³/mol. The second kappa shape index (κ2) is 10.4. The van der Waals surface area contributed by atoms with E-state index in [1.807, 2.05) is 0 Å². The van der Waals surface area contributed by atoms with Gasteiger partial charge < -0.3 is 21.0 Å². The number of nitrogens with two attached hydrogens (primary N) is 1. The Morgan fingerprint density at radius 2 is 2.31 bits per heavy atom. The summed E-state index contributed by atoms with van der Waals surface area (Å²) in [7, 11) is 1.27. The molecule has 4 N–H and O–H groups in total. The molecule has 2 aromatic rings. The molecule has 1 unspecified atom stereocenters. The lowest BCUT2D eigenvalue weighted by Gasteiger charge is -2.49. The van der Waals surface area contributed by atoms with Gasteiger partial charge in [0, 0.05) is 16.9 Å². The minimum absolute atomic E-state index is 0.0995. The molecule has 2 amide bonds. The molecular formula is C18H19N9O5S3. The maximum atomic E-state index is 12.9. The highest BCUT2D eigenvalue weighted by Gasteiger charge is 2.54. The smallest absolute Gasteiger partial charge is 0.352 e. The summed E-state index contributed by atoms with van der Waals surface area (Å²) in [6, 6.07) is -0.936. The standard InChI is InChI=1S/C18H19N9O5S3/c1-3-4-26-18(22-24-25-26)35-6-8-5-33-15-11(14(29)27(15)12(8)16(30)31)21-13(28)10(23-32-2)9-7-34-17(19)20-9/h3,7,11,15H,1,4-6H2,2H3,(H2,19,20)(H,21,28)(H,30,31)/b23-10+/t11?,15-/m1/s1. The van der Waals surface area contributed by atoms with Crippen LogP contribution in [0.5, 0.6) is 0 Å². The van der Waals surface area contributed by atoms with Crippen LogP contribution in [0, 0.1) is 0 Å². The third kappa shape index (κ3) is 4.87. The van der Waals surface area contributed by atoms with Crippen LogP contribution in [-0.2, 0) is 25.8 Å². The highest BCUT2D eigenvalue weighted by Crippen LogP contribution is 2.41. The van der Waals surface area contributed by atoms with E-state index in [1.165, 1.54) is 45.6 Å². The number of thiazole rings is 1. The second-order valence-electron chi connectivity index (χ2n) is 7.03. The number of tetrazole rings is 1. The van der Waals surface area contributed by atoms with Gasteiger partial charge in [-0.05, 0) is 16.0 Å². The maximum absolute atomic E-state index is 12.9. The summed E-state index contributed by atoms with van der Waals surface area (Å²) < 4.78 is 1.53. The Balaban J connectivity index is 1.48. The Bertz CT molecular complexity index is 1240. The zero-order valence-corrected chi connectivity index (χ0v) is 20.6. The fraction of sp³-hybridized carbons (Fsp3) is 0.333. The number of amides is 2. The number of β-lactam (4-membered cyclic amide) rings is 1. The van der Waals surface area contributed by atoms with E-state index >= 15 is 0 Å². The number of aromatic nitrogens is 5. The number of anilines is 1. The molecule has 0 radical (unpaired) electrons. The lowest BCUT2D eigenvalue weighted by molar-refractivity contribution is -0.150. The van der Waals surface area contributed by atoms with Crippen molar-refractivity contribution in [2.75, 3.05) is 24.3 Å². The zero-order chi connectivity index (χ0) is 25.1. The van der Waals surface area contributed by atoms with Crippen molar-refractivity contribution in [2.45, 2.75) is 23.1 Å². The fourth-order valence-corrected chi connectivity index (χ4v) is 6.30. The van der Waals surface area contributed by atoms with Crippen molar-refractivity contribution in [3.8, 4) is 0 Å². The van der Waals surface area contributed by atoms with Gasteiger partial charge in [-0.2, -0.15) is 0 Å². The van der Waals surface area contributed by atoms with Gasteiger partial charge in [-0.3, -0.25) is 14.5 Å². The van der Waals surface area contributed by atoms with Crippen LogP contribution in [-0.4, -0.2) is 88.7 Å². The van der Waals surface area contributed by atoms with E-state index in [1.54, 1.807) is 6.08 Å². The van der Waals surface area contributed by atoms with Gasteiger partial charge in [0.15, 0.2) is 10.8 Å². The minimum Gasteiger partial charge on any atom is -0.477 e. The molecule has 0 aromatic carbocycles.